The maximum atomic E-state index is 12.1. The molecule has 140 valence electrons. The Morgan fingerprint density at radius 1 is 1.36 bits per heavy atom. The van der Waals surface area contributed by atoms with E-state index in [0.717, 1.165) is 38.8 Å². The van der Waals surface area contributed by atoms with E-state index in [9.17, 15) is 14.9 Å². The predicted octanol–water partition coefficient (Wildman–Crippen LogP) is 2.72. The number of carbonyl (C=O) groups is 1. The number of piperidine rings is 1. The lowest BCUT2D eigenvalue weighted by Gasteiger charge is -2.31. The molecule has 1 aliphatic heterocycles. The van der Waals surface area contributed by atoms with E-state index in [1.807, 2.05) is 4.90 Å². The average Bonchev–Trinajstić information content (AvgIpc) is 2.58. The van der Waals surface area contributed by atoms with Gasteiger partial charge in [-0.2, -0.15) is 0 Å². The Morgan fingerprint density at radius 2 is 2.04 bits per heavy atom. The average molecular weight is 371 g/mol. The molecule has 3 N–H and O–H groups in total. The number of hydrogen-bond acceptors (Lipinski definition) is 5. The van der Waals surface area contributed by atoms with Gasteiger partial charge in [0.1, 0.15) is 5.69 Å². The fourth-order valence-corrected chi connectivity index (χ4v) is 2.90. The fraction of sp³-hybridized carbons (Fsp3) is 0.588. The largest absolute Gasteiger partial charge is 0.366 e. The molecule has 7 nitrogen and oxygen atoms in total. The van der Waals surface area contributed by atoms with Crippen molar-refractivity contribution in [2.24, 2.45) is 11.7 Å². The minimum atomic E-state index is -0.404. The zero-order valence-electron chi connectivity index (χ0n) is 14.6. The highest BCUT2D eigenvalue weighted by Crippen LogP contribution is 2.32. The number of nitro groups is 1. The molecule has 0 atom stereocenters. The molecule has 1 aliphatic rings. The van der Waals surface area contributed by atoms with Gasteiger partial charge in [0.15, 0.2) is 0 Å². The van der Waals surface area contributed by atoms with Gasteiger partial charge in [-0.1, -0.05) is 6.92 Å². The number of nitrogens with one attached hydrogen (secondary N) is 1. The molecule has 0 aliphatic carbocycles. The second-order valence-electron chi connectivity index (χ2n) is 6.38. The van der Waals surface area contributed by atoms with Crippen molar-refractivity contribution >= 4 is 29.7 Å². The summed E-state index contributed by atoms with van der Waals surface area (Å²) in [4.78, 5) is 25.2. The van der Waals surface area contributed by atoms with Gasteiger partial charge in [0, 0.05) is 31.3 Å². The number of benzene rings is 1. The highest BCUT2D eigenvalue weighted by Gasteiger charge is 2.24. The second-order valence-corrected chi connectivity index (χ2v) is 6.38. The highest BCUT2D eigenvalue weighted by molar-refractivity contribution is 5.95. The molecule has 2 rings (SSSR count). The van der Waals surface area contributed by atoms with Crippen LogP contribution in [0.2, 0.25) is 0 Å². The van der Waals surface area contributed by atoms with Crippen LogP contribution in [-0.4, -0.2) is 37.0 Å². The standard InChI is InChI=1S/C17H26N4O3.ClH/c1-13-6-10-20(11-7-13)15-5-4-14(12-16(15)21(23)24)17(22)19-9-3-2-8-18;/h4-5,12-13H,2-3,6-11,18H2,1H3,(H,19,22);1H. The Balaban J connectivity index is 0.00000312. The SMILES string of the molecule is CC1CCN(c2ccc(C(=O)NCCCCN)cc2[N+](=O)[O-])CC1.Cl. The summed E-state index contributed by atoms with van der Waals surface area (Å²) < 4.78 is 0. The number of halogens is 1. The molecule has 0 bridgehead atoms. The second kappa shape index (κ2) is 10.2. The van der Waals surface area contributed by atoms with Crippen LogP contribution in [0.3, 0.4) is 0 Å². The van der Waals surface area contributed by atoms with Crippen molar-refractivity contribution in [1.29, 1.82) is 0 Å². The Labute approximate surface area is 154 Å². The molecule has 1 heterocycles. The molecule has 25 heavy (non-hydrogen) atoms. The lowest BCUT2D eigenvalue weighted by molar-refractivity contribution is -0.384. The van der Waals surface area contributed by atoms with Crippen LogP contribution in [0.1, 0.15) is 43.0 Å². The molecule has 1 aromatic carbocycles. The van der Waals surface area contributed by atoms with Crippen LogP contribution in [0, 0.1) is 16.0 Å². The van der Waals surface area contributed by atoms with Crippen LogP contribution >= 0.6 is 12.4 Å². The van der Waals surface area contributed by atoms with Crippen molar-refractivity contribution in [2.45, 2.75) is 32.6 Å². The summed E-state index contributed by atoms with van der Waals surface area (Å²) >= 11 is 0. The number of amides is 1. The van der Waals surface area contributed by atoms with Crippen LogP contribution in [-0.2, 0) is 0 Å². The maximum absolute atomic E-state index is 12.1. The zero-order chi connectivity index (χ0) is 17.5. The maximum Gasteiger partial charge on any atom is 0.293 e. The zero-order valence-corrected chi connectivity index (χ0v) is 15.4. The summed E-state index contributed by atoms with van der Waals surface area (Å²) in [5, 5.41) is 14.2. The number of nitrogens with zero attached hydrogens (tertiary/aromatic N) is 2. The van der Waals surface area contributed by atoms with Crippen LogP contribution in [0.25, 0.3) is 0 Å². The van der Waals surface area contributed by atoms with Crippen LogP contribution in [0.4, 0.5) is 11.4 Å². The van der Waals surface area contributed by atoms with Gasteiger partial charge >= 0.3 is 0 Å². The van der Waals surface area contributed by atoms with E-state index < -0.39 is 4.92 Å². The Bertz CT molecular complexity index is 589. The molecule has 0 unspecified atom stereocenters. The van der Waals surface area contributed by atoms with E-state index >= 15 is 0 Å². The van der Waals surface area contributed by atoms with Crippen molar-refractivity contribution in [3.05, 3.63) is 33.9 Å². The quantitative estimate of drug-likeness (QED) is 0.436. The third kappa shape index (κ3) is 5.86. The Hall–Kier alpha value is -1.86. The number of nitrogens with two attached hydrogens (primary N) is 1. The first-order chi connectivity index (χ1) is 11.5. The molecular formula is C17H27ClN4O3. The molecule has 0 saturated carbocycles. The van der Waals surface area contributed by atoms with Crippen molar-refractivity contribution in [3.8, 4) is 0 Å². The van der Waals surface area contributed by atoms with E-state index in [1.165, 1.54) is 6.07 Å². The van der Waals surface area contributed by atoms with Gasteiger partial charge in [-0.15, -0.1) is 12.4 Å². The molecule has 1 fully saturated rings. The summed E-state index contributed by atoms with van der Waals surface area (Å²) in [7, 11) is 0. The number of anilines is 1. The van der Waals surface area contributed by atoms with Gasteiger partial charge in [0.05, 0.1) is 4.92 Å². The smallest absolute Gasteiger partial charge is 0.293 e. The lowest BCUT2D eigenvalue weighted by atomic mass is 9.98. The topological polar surface area (TPSA) is 102 Å². The van der Waals surface area contributed by atoms with Crippen molar-refractivity contribution in [2.75, 3.05) is 31.1 Å². The summed E-state index contributed by atoms with van der Waals surface area (Å²) in [5.74, 6) is 0.368. The van der Waals surface area contributed by atoms with Crippen LogP contribution in [0.15, 0.2) is 18.2 Å². The van der Waals surface area contributed by atoms with Gasteiger partial charge in [-0.3, -0.25) is 14.9 Å². The van der Waals surface area contributed by atoms with Gasteiger partial charge in [0.25, 0.3) is 11.6 Å². The number of unbranched alkanes of at least 4 members (excludes halogenated alkanes) is 1. The number of hydrogen-bond donors (Lipinski definition) is 2. The minimum Gasteiger partial charge on any atom is -0.366 e. The monoisotopic (exact) mass is 370 g/mol. The van der Waals surface area contributed by atoms with Gasteiger partial charge in [0.2, 0.25) is 0 Å². The molecule has 0 radical (unpaired) electrons. The van der Waals surface area contributed by atoms with Crippen LogP contribution in [0.5, 0.6) is 0 Å². The molecule has 1 aromatic rings. The molecule has 0 aromatic heterocycles. The fourth-order valence-electron chi connectivity index (χ4n) is 2.90. The third-order valence-corrected chi connectivity index (χ3v) is 4.48. The van der Waals surface area contributed by atoms with Crippen molar-refractivity contribution in [3.63, 3.8) is 0 Å². The predicted molar refractivity (Wildman–Crippen MR) is 102 cm³/mol. The summed E-state index contributed by atoms with van der Waals surface area (Å²) in [5.41, 5.74) is 6.34. The Kier molecular flexibility index (Phi) is 8.65. The van der Waals surface area contributed by atoms with E-state index in [0.29, 0.717) is 30.3 Å². The minimum absolute atomic E-state index is 0. The first-order valence-corrected chi connectivity index (χ1v) is 8.54. The van der Waals surface area contributed by atoms with E-state index in [1.54, 1.807) is 12.1 Å². The van der Waals surface area contributed by atoms with E-state index in [2.05, 4.69) is 12.2 Å². The van der Waals surface area contributed by atoms with Crippen LogP contribution < -0.4 is 16.0 Å². The molecule has 1 saturated heterocycles. The lowest BCUT2D eigenvalue weighted by Crippen LogP contribution is -2.33. The van der Waals surface area contributed by atoms with E-state index in [-0.39, 0.29) is 24.0 Å². The number of nitro benzene ring substituents is 1. The highest BCUT2D eigenvalue weighted by atomic mass is 35.5. The summed E-state index contributed by atoms with van der Waals surface area (Å²) in [6, 6.07) is 4.74. The number of carbonyl (C=O) groups excluding carboxylic acids is 1. The summed E-state index contributed by atoms with van der Waals surface area (Å²) in [6.45, 7) is 4.93. The normalized spacial score (nSPS) is 14.7. The van der Waals surface area contributed by atoms with Gasteiger partial charge in [-0.25, -0.2) is 0 Å². The first-order valence-electron chi connectivity index (χ1n) is 8.54. The first kappa shape index (κ1) is 21.2. The van der Waals surface area contributed by atoms with E-state index in [4.69, 9.17) is 5.73 Å². The van der Waals surface area contributed by atoms with Gasteiger partial charge < -0.3 is 16.0 Å². The molecular weight excluding hydrogens is 344 g/mol. The number of rotatable bonds is 7. The van der Waals surface area contributed by atoms with Gasteiger partial charge in [-0.05, 0) is 50.3 Å². The third-order valence-electron chi connectivity index (χ3n) is 4.48. The summed E-state index contributed by atoms with van der Waals surface area (Å²) in [6.07, 6.45) is 3.70. The van der Waals surface area contributed by atoms with Crippen molar-refractivity contribution < 1.29 is 9.72 Å². The van der Waals surface area contributed by atoms with Crippen molar-refractivity contribution in [1.82, 2.24) is 5.32 Å². The Morgan fingerprint density at radius 3 is 2.64 bits per heavy atom. The molecule has 8 heteroatoms. The molecule has 0 spiro atoms. The molecule has 1 amide bonds.